The zero-order valence-corrected chi connectivity index (χ0v) is 14.1. The molecule has 0 saturated carbocycles. The van der Waals surface area contributed by atoms with Crippen LogP contribution >= 0.6 is 22.9 Å². The van der Waals surface area contributed by atoms with Crippen LogP contribution in [0.25, 0.3) is 5.69 Å². The van der Waals surface area contributed by atoms with Gasteiger partial charge in [-0.15, -0.1) is 0 Å². The molecule has 0 amide bonds. The molecule has 0 bridgehead atoms. The van der Waals surface area contributed by atoms with E-state index < -0.39 is 0 Å². The molecule has 0 aliphatic rings. The molecule has 120 valence electrons. The van der Waals surface area contributed by atoms with Crippen LogP contribution in [-0.4, -0.2) is 24.8 Å². The first-order valence-electron chi connectivity index (χ1n) is 6.94. The molecule has 0 aliphatic heterocycles. The van der Waals surface area contributed by atoms with E-state index in [1.807, 2.05) is 25.1 Å². The van der Waals surface area contributed by atoms with E-state index in [9.17, 15) is 4.79 Å². The summed E-state index contributed by atoms with van der Waals surface area (Å²) in [6.45, 7) is 2.31. The minimum atomic E-state index is -0.309. The summed E-state index contributed by atoms with van der Waals surface area (Å²) in [4.78, 5) is 16.2. The lowest BCUT2D eigenvalue weighted by Gasteiger charge is -2.12. The molecule has 0 fully saturated rings. The third kappa shape index (κ3) is 3.13. The van der Waals surface area contributed by atoms with Crippen molar-refractivity contribution in [2.24, 2.45) is 7.05 Å². The van der Waals surface area contributed by atoms with Crippen LogP contribution in [0.3, 0.4) is 0 Å². The molecule has 9 heteroatoms. The Morgan fingerprint density at radius 2 is 2.17 bits per heavy atom. The monoisotopic (exact) mass is 351 g/mol. The fourth-order valence-electron chi connectivity index (χ4n) is 2.22. The topological polar surface area (TPSA) is 74.8 Å². The van der Waals surface area contributed by atoms with E-state index in [1.165, 1.54) is 20.7 Å². The van der Waals surface area contributed by atoms with Crippen LogP contribution in [0.4, 0.5) is 0 Å². The molecular formula is C14H14ClN5O2S. The van der Waals surface area contributed by atoms with Gasteiger partial charge in [-0.2, -0.15) is 9.36 Å². The highest BCUT2D eigenvalue weighted by Crippen LogP contribution is 2.27. The van der Waals surface area contributed by atoms with Crippen LogP contribution in [0, 0.1) is 0 Å². The van der Waals surface area contributed by atoms with Crippen molar-refractivity contribution in [1.82, 2.24) is 24.8 Å². The number of nitrogens with zero attached hydrogens (tertiary/aromatic N) is 5. The lowest BCUT2D eigenvalue weighted by atomic mass is 10.0. The number of ether oxygens (including phenoxy) is 1. The summed E-state index contributed by atoms with van der Waals surface area (Å²) in [7, 11) is 1.56. The third-order valence-corrected chi connectivity index (χ3v) is 4.40. The van der Waals surface area contributed by atoms with Crippen molar-refractivity contribution in [3.05, 3.63) is 50.3 Å². The van der Waals surface area contributed by atoms with E-state index in [4.69, 9.17) is 16.3 Å². The van der Waals surface area contributed by atoms with Gasteiger partial charge in [0.1, 0.15) is 10.9 Å². The van der Waals surface area contributed by atoms with Crippen molar-refractivity contribution in [2.75, 3.05) is 0 Å². The Morgan fingerprint density at radius 3 is 2.78 bits per heavy atom. The van der Waals surface area contributed by atoms with Crippen LogP contribution in [0.5, 0.6) is 5.19 Å². The van der Waals surface area contributed by atoms with Crippen LogP contribution in [0.2, 0.25) is 4.34 Å². The summed E-state index contributed by atoms with van der Waals surface area (Å²) in [5.41, 5.74) is 2.30. The van der Waals surface area contributed by atoms with E-state index in [2.05, 4.69) is 15.4 Å². The minimum absolute atomic E-state index is 0.270. The Bertz CT molecular complexity index is 885. The Labute approximate surface area is 141 Å². The molecule has 0 atom stereocenters. The molecule has 0 unspecified atom stereocenters. The van der Waals surface area contributed by atoms with Crippen LogP contribution < -0.4 is 10.4 Å². The van der Waals surface area contributed by atoms with Gasteiger partial charge in [-0.3, -0.25) is 0 Å². The molecular weight excluding hydrogens is 338 g/mol. The highest BCUT2D eigenvalue weighted by Gasteiger charge is 2.15. The Morgan fingerprint density at radius 1 is 1.35 bits per heavy atom. The SMILES string of the molecule is CCc1cccc(-n2nnn(C)c2=O)c1COc1ncc(Cl)s1. The van der Waals surface area contributed by atoms with E-state index in [1.54, 1.807) is 13.2 Å². The van der Waals surface area contributed by atoms with E-state index in [0.717, 1.165) is 17.5 Å². The largest absolute Gasteiger partial charge is 0.465 e. The van der Waals surface area contributed by atoms with Gasteiger partial charge in [-0.25, -0.2) is 9.78 Å². The number of hydrogen-bond donors (Lipinski definition) is 0. The van der Waals surface area contributed by atoms with Gasteiger partial charge in [0.25, 0.3) is 5.19 Å². The van der Waals surface area contributed by atoms with Gasteiger partial charge in [0.15, 0.2) is 0 Å². The highest BCUT2D eigenvalue weighted by molar-refractivity contribution is 7.17. The second-order valence-electron chi connectivity index (χ2n) is 4.78. The first-order chi connectivity index (χ1) is 11.1. The van der Waals surface area contributed by atoms with Crippen molar-refractivity contribution >= 4 is 22.9 Å². The lowest BCUT2D eigenvalue weighted by molar-refractivity contribution is 0.302. The molecule has 7 nitrogen and oxygen atoms in total. The van der Waals surface area contributed by atoms with Crippen molar-refractivity contribution < 1.29 is 4.74 Å². The molecule has 3 rings (SSSR count). The number of aromatic nitrogens is 5. The number of rotatable bonds is 5. The summed E-state index contributed by atoms with van der Waals surface area (Å²) < 4.78 is 8.74. The molecule has 0 radical (unpaired) electrons. The fraction of sp³-hybridized carbons (Fsp3) is 0.286. The molecule has 23 heavy (non-hydrogen) atoms. The maximum absolute atomic E-state index is 12.1. The standard InChI is InChI=1S/C14H14ClN5O2S/c1-3-9-5-4-6-11(20-14(21)19(2)17-18-20)10(9)8-22-13-16-7-12(15)23-13/h4-7H,3,8H2,1-2H3. The number of thiazole rings is 1. The van der Waals surface area contributed by atoms with Gasteiger partial charge in [0, 0.05) is 12.6 Å². The zero-order valence-electron chi connectivity index (χ0n) is 12.6. The molecule has 3 aromatic rings. The van der Waals surface area contributed by atoms with Gasteiger partial charge in [-0.05, 0) is 28.5 Å². The fourth-order valence-corrected chi connectivity index (χ4v) is 2.96. The first-order valence-corrected chi connectivity index (χ1v) is 8.14. The quantitative estimate of drug-likeness (QED) is 0.704. The Balaban J connectivity index is 2.00. The summed E-state index contributed by atoms with van der Waals surface area (Å²) in [5.74, 6) is 0. The normalized spacial score (nSPS) is 10.9. The number of halogens is 1. The Kier molecular flexibility index (Phi) is 4.44. The van der Waals surface area contributed by atoms with Crippen LogP contribution in [-0.2, 0) is 20.1 Å². The molecule has 0 saturated heterocycles. The molecule has 2 aromatic heterocycles. The second kappa shape index (κ2) is 6.51. The summed E-state index contributed by atoms with van der Waals surface area (Å²) in [6.07, 6.45) is 2.35. The molecule has 0 aliphatic carbocycles. The summed E-state index contributed by atoms with van der Waals surface area (Å²) in [5, 5.41) is 8.15. The predicted molar refractivity (Wildman–Crippen MR) is 87.4 cm³/mol. The van der Waals surface area contributed by atoms with Gasteiger partial charge in [0.2, 0.25) is 0 Å². The Hall–Kier alpha value is -2.19. The number of benzene rings is 1. The smallest absolute Gasteiger partial charge is 0.368 e. The van der Waals surface area contributed by atoms with Crippen molar-refractivity contribution in [3.8, 4) is 10.9 Å². The number of hydrogen-bond acceptors (Lipinski definition) is 6. The van der Waals surface area contributed by atoms with Gasteiger partial charge in [-0.1, -0.05) is 42.0 Å². The zero-order chi connectivity index (χ0) is 16.4. The second-order valence-corrected chi connectivity index (χ2v) is 6.41. The van der Waals surface area contributed by atoms with Crippen molar-refractivity contribution in [3.63, 3.8) is 0 Å². The molecule has 2 heterocycles. The van der Waals surface area contributed by atoms with Crippen LogP contribution in [0.1, 0.15) is 18.1 Å². The predicted octanol–water partition coefficient (Wildman–Crippen LogP) is 2.22. The number of aryl methyl sites for hydroxylation is 2. The molecule has 0 N–H and O–H groups in total. The average molecular weight is 352 g/mol. The maximum Gasteiger partial charge on any atom is 0.368 e. The van der Waals surface area contributed by atoms with E-state index in [-0.39, 0.29) is 12.3 Å². The van der Waals surface area contributed by atoms with Crippen LogP contribution in [0.15, 0.2) is 29.2 Å². The number of tetrazole rings is 1. The minimum Gasteiger partial charge on any atom is -0.465 e. The van der Waals surface area contributed by atoms with Gasteiger partial charge >= 0.3 is 5.69 Å². The van der Waals surface area contributed by atoms with Gasteiger partial charge in [0.05, 0.1) is 11.9 Å². The first kappa shape index (κ1) is 15.7. The lowest BCUT2D eigenvalue weighted by Crippen LogP contribution is -2.23. The van der Waals surface area contributed by atoms with Crippen molar-refractivity contribution in [2.45, 2.75) is 20.0 Å². The highest BCUT2D eigenvalue weighted by atomic mass is 35.5. The summed E-state index contributed by atoms with van der Waals surface area (Å²) >= 11 is 7.12. The molecule has 0 spiro atoms. The van der Waals surface area contributed by atoms with E-state index in [0.29, 0.717) is 15.2 Å². The summed E-state index contributed by atoms with van der Waals surface area (Å²) in [6, 6.07) is 5.71. The van der Waals surface area contributed by atoms with Gasteiger partial charge < -0.3 is 4.74 Å². The average Bonchev–Trinajstić information content (AvgIpc) is 3.11. The third-order valence-electron chi connectivity index (χ3n) is 3.38. The maximum atomic E-state index is 12.1. The van der Waals surface area contributed by atoms with E-state index >= 15 is 0 Å². The van der Waals surface area contributed by atoms with Crippen molar-refractivity contribution in [1.29, 1.82) is 0 Å². The molecule has 1 aromatic carbocycles.